The van der Waals surface area contributed by atoms with E-state index < -0.39 is 23.4 Å². The van der Waals surface area contributed by atoms with Crippen molar-refractivity contribution in [3.63, 3.8) is 0 Å². The molecule has 0 bridgehead atoms. The van der Waals surface area contributed by atoms with Gasteiger partial charge in [0, 0.05) is 17.9 Å². The number of nitrogens with zero attached hydrogens (tertiary/aromatic N) is 2. The molecule has 0 aromatic carbocycles. The Labute approximate surface area is 133 Å². The van der Waals surface area contributed by atoms with Crippen LogP contribution in [0.3, 0.4) is 0 Å². The molecule has 1 saturated heterocycles. The second-order valence-corrected chi connectivity index (χ2v) is 6.13. The predicted octanol–water partition coefficient (Wildman–Crippen LogP) is 1.95. The maximum Gasteiger partial charge on any atom is 0.434 e. The number of aromatic nitrogens is 2. The monoisotopic (exact) mass is 349 g/mol. The zero-order valence-electron chi connectivity index (χ0n) is 11.9. The first-order chi connectivity index (χ1) is 10.8. The number of alkyl halides is 3. The topological polar surface area (TPSA) is 92.2 Å². The number of nitrogens with one attached hydrogen (secondary N) is 1. The third-order valence-corrected chi connectivity index (χ3v) is 4.50. The van der Waals surface area contributed by atoms with E-state index in [0.29, 0.717) is 11.9 Å². The first-order valence-corrected chi connectivity index (χ1v) is 7.96. The van der Waals surface area contributed by atoms with E-state index in [1.165, 1.54) is 0 Å². The minimum Gasteiger partial charge on any atom is -0.478 e. The van der Waals surface area contributed by atoms with Gasteiger partial charge in [-0.2, -0.15) is 24.9 Å². The minimum absolute atomic E-state index is 0.172. The molecule has 1 aliphatic heterocycles. The van der Waals surface area contributed by atoms with Gasteiger partial charge in [0.25, 0.3) is 0 Å². The highest BCUT2D eigenvalue weighted by molar-refractivity contribution is 7.99. The molecule has 1 aromatic rings. The molecule has 10 heteroatoms. The molecule has 0 spiro atoms. The van der Waals surface area contributed by atoms with Crippen molar-refractivity contribution in [2.75, 3.05) is 11.5 Å². The van der Waals surface area contributed by atoms with E-state index in [2.05, 4.69) is 15.3 Å². The van der Waals surface area contributed by atoms with E-state index in [1.807, 2.05) is 0 Å². The lowest BCUT2D eigenvalue weighted by atomic mass is 10.0. The van der Waals surface area contributed by atoms with Gasteiger partial charge in [0.15, 0.2) is 5.69 Å². The van der Waals surface area contributed by atoms with Gasteiger partial charge in [0.05, 0.1) is 6.54 Å². The van der Waals surface area contributed by atoms with Crippen LogP contribution in [0.2, 0.25) is 0 Å². The van der Waals surface area contributed by atoms with E-state index >= 15 is 0 Å². The largest absolute Gasteiger partial charge is 0.478 e. The minimum atomic E-state index is -4.91. The number of carbonyl (C=O) groups excluding carboxylic acids is 1. The smallest absolute Gasteiger partial charge is 0.434 e. The van der Waals surface area contributed by atoms with Crippen LogP contribution in [0.5, 0.6) is 0 Å². The molecule has 0 saturated carbocycles. The number of thioether (sulfide) groups is 1. The van der Waals surface area contributed by atoms with E-state index in [1.54, 1.807) is 11.8 Å². The van der Waals surface area contributed by atoms with Crippen LogP contribution in [0, 0.1) is 5.92 Å². The third kappa shape index (κ3) is 4.57. The summed E-state index contributed by atoms with van der Waals surface area (Å²) < 4.78 is 38.5. The van der Waals surface area contributed by atoms with Crippen LogP contribution in [-0.4, -0.2) is 38.5 Å². The molecule has 2 rings (SSSR count). The van der Waals surface area contributed by atoms with Crippen LogP contribution in [0.1, 0.15) is 34.7 Å². The van der Waals surface area contributed by atoms with Crippen LogP contribution >= 0.6 is 11.8 Å². The van der Waals surface area contributed by atoms with Crippen LogP contribution < -0.4 is 5.32 Å². The number of carboxylic acids is 1. The molecule has 23 heavy (non-hydrogen) atoms. The average molecular weight is 349 g/mol. The summed E-state index contributed by atoms with van der Waals surface area (Å²) in [6.07, 6.45) is -2.64. The summed E-state index contributed by atoms with van der Waals surface area (Å²) in [6, 6.07) is 0. The van der Waals surface area contributed by atoms with Crippen molar-refractivity contribution in [3.8, 4) is 0 Å². The fourth-order valence-electron chi connectivity index (χ4n) is 2.13. The van der Waals surface area contributed by atoms with Crippen molar-refractivity contribution >= 4 is 23.6 Å². The predicted molar refractivity (Wildman–Crippen MR) is 75.9 cm³/mol. The second kappa shape index (κ2) is 7.16. The van der Waals surface area contributed by atoms with Gasteiger partial charge in [-0.25, -0.2) is 14.8 Å². The zero-order valence-corrected chi connectivity index (χ0v) is 12.7. The highest BCUT2D eigenvalue weighted by atomic mass is 32.2. The highest BCUT2D eigenvalue weighted by Gasteiger charge is 2.38. The van der Waals surface area contributed by atoms with Gasteiger partial charge >= 0.3 is 12.1 Å². The molecule has 1 aromatic heterocycles. The van der Waals surface area contributed by atoms with Crippen LogP contribution in [0.25, 0.3) is 0 Å². The first kappa shape index (κ1) is 17.5. The molecule has 1 fully saturated rings. The fourth-order valence-corrected chi connectivity index (χ4v) is 3.27. The summed E-state index contributed by atoms with van der Waals surface area (Å²) in [5.41, 5.74) is -2.53. The summed E-state index contributed by atoms with van der Waals surface area (Å²) in [6.45, 7) is -0.275. The summed E-state index contributed by atoms with van der Waals surface area (Å²) in [4.78, 5) is 29.6. The van der Waals surface area contributed by atoms with Gasteiger partial charge in [-0.3, -0.25) is 4.79 Å². The van der Waals surface area contributed by atoms with Crippen molar-refractivity contribution in [2.24, 2.45) is 5.92 Å². The van der Waals surface area contributed by atoms with E-state index in [9.17, 15) is 22.8 Å². The van der Waals surface area contributed by atoms with Gasteiger partial charge < -0.3 is 10.4 Å². The van der Waals surface area contributed by atoms with Gasteiger partial charge in [0.1, 0.15) is 11.4 Å². The number of aromatic carboxylic acids is 1. The number of halogens is 3. The van der Waals surface area contributed by atoms with E-state index in [-0.39, 0.29) is 24.2 Å². The number of rotatable bonds is 4. The SMILES string of the molecule is O=C(O)c1cnc(CNC(=O)C2CCCSC2)nc1C(F)(F)F. The highest BCUT2D eigenvalue weighted by Crippen LogP contribution is 2.30. The molecule has 126 valence electrons. The van der Waals surface area contributed by atoms with Crippen molar-refractivity contribution in [1.82, 2.24) is 15.3 Å². The lowest BCUT2D eigenvalue weighted by Crippen LogP contribution is -2.34. The number of hydrogen-bond donors (Lipinski definition) is 2. The fraction of sp³-hybridized carbons (Fsp3) is 0.538. The Hall–Kier alpha value is -1.84. The van der Waals surface area contributed by atoms with Crippen molar-refractivity contribution < 1.29 is 27.9 Å². The molecular weight excluding hydrogens is 335 g/mol. The molecule has 6 nitrogen and oxygen atoms in total. The molecule has 1 aliphatic rings. The maximum atomic E-state index is 12.8. The molecule has 2 N–H and O–H groups in total. The molecular formula is C13H14F3N3O3S. The Balaban J connectivity index is 2.08. The molecule has 1 atom stereocenters. The molecule has 0 aliphatic carbocycles. The van der Waals surface area contributed by atoms with E-state index in [4.69, 9.17) is 5.11 Å². The summed E-state index contributed by atoms with van der Waals surface area (Å²) in [5, 5.41) is 11.3. The Kier molecular flexibility index (Phi) is 5.45. The van der Waals surface area contributed by atoms with Crippen LogP contribution in [-0.2, 0) is 17.5 Å². The van der Waals surface area contributed by atoms with Crippen molar-refractivity contribution in [1.29, 1.82) is 0 Å². The van der Waals surface area contributed by atoms with Crippen molar-refractivity contribution in [2.45, 2.75) is 25.6 Å². The normalized spacial score (nSPS) is 18.5. The number of carboxylic acid groups (broad SMARTS) is 1. The Morgan fingerprint density at radius 1 is 1.43 bits per heavy atom. The van der Waals surface area contributed by atoms with E-state index in [0.717, 1.165) is 18.6 Å². The molecule has 1 amide bonds. The quantitative estimate of drug-likeness (QED) is 0.863. The van der Waals surface area contributed by atoms with Crippen LogP contribution in [0.4, 0.5) is 13.2 Å². The third-order valence-electron chi connectivity index (χ3n) is 3.29. The number of amides is 1. The van der Waals surface area contributed by atoms with Gasteiger partial charge in [-0.15, -0.1) is 0 Å². The lowest BCUT2D eigenvalue weighted by Gasteiger charge is -2.20. The van der Waals surface area contributed by atoms with Gasteiger partial charge in [0.2, 0.25) is 5.91 Å². The van der Waals surface area contributed by atoms with Gasteiger partial charge in [-0.05, 0) is 18.6 Å². The zero-order chi connectivity index (χ0) is 17.0. The maximum absolute atomic E-state index is 12.8. The molecule has 2 heterocycles. The van der Waals surface area contributed by atoms with Crippen molar-refractivity contribution in [3.05, 3.63) is 23.3 Å². The Morgan fingerprint density at radius 3 is 2.74 bits per heavy atom. The molecule has 1 unspecified atom stereocenters. The first-order valence-electron chi connectivity index (χ1n) is 6.81. The van der Waals surface area contributed by atoms with Gasteiger partial charge in [-0.1, -0.05) is 0 Å². The Bertz CT molecular complexity index is 604. The summed E-state index contributed by atoms with van der Waals surface area (Å²) >= 11 is 1.66. The van der Waals surface area contributed by atoms with Crippen LogP contribution in [0.15, 0.2) is 6.20 Å². The standard InChI is InChI=1S/C13H14F3N3O3S/c14-13(15,16)10-8(12(21)22)4-17-9(19-10)5-18-11(20)7-2-1-3-23-6-7/h4,7H,1-3,5-6H2,(H,18,20)(H,21,22). The average Bonchev–Trinajstić information content (AvgIpc) is 2.52. The lowest BCUT2D eigenvalue weighted by molar-refractivity contribution is -0.141. The Morgan fingerprint density at radius 2 is 2.17 bits per heavy atom. The number of carbonyl (C=O) groups is 2. The second-order valence-electron chi connectivity index (χ2n) is 4.98. The summed E-state index contributed by atoms with van der Waals surface area (Å²) in [7, 11) is 0. The number of hydrogen-bond acceptors (Lipinski definition) is 5. The summed E-state index contributed by atoms with van der Waals surface area (Å²) in [5.74, 6) is -0.784. The molecule has 0 radical (unpaired) electrons.